The van der Waals surface area contributed by atoms with Crippen LogP contribution in [-0.4, -0.2) is 19.0 Å². The molecule has 2 heteroatoms. The zero-order chi connectivity index (χ0) is 12.6. The molecule has 0 aliphatic carbocycles. The van der Waals surface area contributed by atoms with Crippen LogP contribution in [0.25, 0.3) is 0 Å². The summed E-state index contributed by atoms with van der Waals surface area (Å²) in [6, 6.07) is 0. The SMILES string of the molecule is CCCCCC(C)C1(CC)OCCCCCO1. The number of rotatable bonds is 6. The van der Waals surface area contributed by atoms with Crippen LogP contribution in [0.3, 0.4) is 0 Å². The Morgan fingerprint density at radius 1 is 1.00 bits per heavy atom. The summed E-state index contributed by atoms with van der Waals surface area (Å²) in [4.78, 5) is 0. The molecule has 1 rings (SSSR count). The van der Waals surface area contributed by atoms with Crippen molar-refractivity contribution >= 4 is 0 Å². The fourth-order valence-electron chi connectivity index (χ4n) is 2.67. The highest BCUT2D eigenvalue weighted by atomic mass is 16.7. The van der Waals surface area contributed by atoms with Gasteiger partial charge in [-0.25, -0.2) is 0 Å². The molecule has 17 heavy (non-hydrogen) atoms. The van der Waals surface area contributed by atoms with E-state index in [1.165, 1.54) is 44.9 Å². The van der Waals surface area contributed by atoms with Gasteiger partial charge >= 0.3 is 0 Å². The predicted molar refractivity (Wildman–Crippen MR) is 72.1 cm³/mol. The minimum absolute atomic E-state index is 0.297. The second-order valence-corrected chi connectivity index (χ2v) is 5.32. The van der Waals surface area contributed by atoms with E-state index in [0.29, 0.717) is 5.92 Å². The third kappa shape index (κ3) is 4.59. The Bertz CT molecular complexity index is 183. The molecule has 0 aromatic rings. The van der Waals surface area contributed by atoms with E-state index in [2.05, 4.69) is 20.8 Å². The average molecular weight is 242 g/mol. The molecule has 102 valence electrons. The van der Waals surface area contributed by atoms with Crippen LogP contribution in [0.15, 0.2) is 0 Å². The summed E-state index contributed by atoms with van der Waals surface area (Å²) in [7, 11) is 0. The molecule has 1 unspecified atom stereocenters. The molecule has 2 nitrogen and oxygen atoms in total. The van der Waals surface area contributed by atoms with Gasteiger partial charge in [-0.1, -0.05) is 40.0 Å². The van der Waals surface area contributed by atoms with E-state index >= 15 is 0 Å². The van der Waals surface area contributed by atoms with Crippen molar-refractivity contribution in [3.63, 3.8) is 0 Å². The highest BCUT2D eigenvalue weighted by molar-refractivity contribution is 4.77. The summed E-state index contributed by atoms with van der Waals surface area (Å²) >= 11 is 0. The summed E-state index contributed by atoms with van der Waals surface area (Å²) < 4.78 is 12.2. The molecule has 0 aromatic heterocycles. The molecule has 1 aliphatic heterocycles. The van der Waals surface area contributed by atoms with Crippen molar-refractivity contribution in [2.45, 2.75) is 77.9 Å². The van der Waals surface area contributed by atoms with Crippen LogP contribution < -0.4 is 0 Å². The monoisotopic (exact) mass is 242 g/mol. The van der Waals surface area contributed by atoms with Gasteiger partial charge in [0.25, 0.3) is 0 Å². The Labute approximate surface area is 107 Å². The molecular weight excluding hydrogens is 212 g/mol. The Morgan fingerprint density at radius 3 is 2.18 bits per heavy atom. The van der Waals surface area contributed by atoms with E-state index in [1.54, 1.807) is 0 Å². The molecule has 1 heterocycles. The van der Waals surface area contributed by atoms with Crippen molar-refractivity contribution in [1.29, 1.82) is 0 Å². The standard InChI is InChI=1S/C15H30O2/c1-4-6-8-11-14(3)15(5-2)16-12-9-7-10-13-17-15/h14H,4-13H2,1-3H3. The van der Waals surface area contributed by atoms with Crippen molar-refractivity contribution < 1.29 is 9.47 Å². The van der Waals surface area contributed by atoms with Gasteiger partial charge in [0.15, 0.2) is 5.79 Å². The topological polar surface area (TPSA) is 18.5 Å². The molecule has 1 aliphatic rings. The highest BCUT2D eigenvalue weighted by Crippen LogP contribution is 2.33. The predicted octanol–water partition coefficient (Wildman–Crippen LogP) is 4.53. The zero-order valence-electron chi connectivity index (χ0n) is 12.0. The Morgan fingerprint density at radius 2 is 1.65 bits per heavy atom. The molecule has 1 saturated heterocycles. The van der Waals surface area contributed by atoms with Gasteiger partial charge in [0.05, 0.1) is 13.2 Å². The first-order chi connectivity index (χ1) is 8.25. The molecule has 1 fully saturated rings. The largest absolute Gasteiger partial charge is 0.350 e. The Balaban J connectivity index is 2.50. The Hall–Kier alpha value is -0.0800. The van der Waals surface area contributed by atoms with Crippen molar-refractivity contribution in [2.75, 3.05) is 13.2 Å². The van der Waals surface area contributed by atoms with Crippen molar-refractivity contribution in [2.24, 2.45) is 5.92 Å². The average Bonchev–Trinajstić information content (AvgIpc) is 2.30. The van der Waals surface area contributed by atoms with Crippen LogP contribution in [0.5, 0.6) is 0 Å². The molecule has 0 amide bonds. The van der Waals surface area contributed by atoms with Crippen LogP contribution in [0.2, 0.25) is 0 Å². The van der Waals surface area contributed by atoms with Gasteiger partial charge in [-0.15, -0.1) is 0 Å². The first kappa shape index (κ1) is 15.0. The molecular formula is C15H30O2. The smallest absolute Gasteiger partial charge is 0.170 e. The molecule has 0 aromatic carbocycles. The van der Waals surface area contributed by atoms with Crippen molar-refractivity contribution in [1.82, 2.24) is 0 Å². The van der Waals surface area contributed by atoms with Crippen LogP contribution >= 0.6 is 0 Å². The summed E-state index contributed by atoms with van der Waals surface area (Å²) in [5.74, 6) is 0.214. The minimum atomic E-state index is -0.297. The van der Waals surface area contributed by atoms with Crippen molar-refractivity contribution in [3.8, 4) is 0 Å². The van der Waals surface area contributed by atoms with E-state index in [0.717, 1.165) is 19.6 Å². The van der Waals surface area contributed by atoms with Gasteiger partial charge in [0.1, 0.15) is 0 Å². The van der Waals surface area contributed by atoms with E-state index in [1.807, 2.05) is 0 Å². The van der Waals surface area contributed by atoms with Gasteiger partial charge in [0.2, 0.25) is 0 Å². The molecule has 0 N–H and O–H groups in total. The van der Waals surface area contributed by atoms with Crippen LogP contribution in [0, 0.1) is 5.92 Å². The lowest BCUT2D eigenvalue weighted by Gasteiger charge is -2.39. The maximum Gasteiger partial charge on any atom is 0.170 e. The molecule has 0 saturated carbocycles. The lowest BCUT2D eigenvalue weighted by atomic mass is 9.91. The fourth-order valence-corrected chi connectivity index (χ4v) is 2.67. The normalized spacial score (nSPS) is 22.8. The van der Waals surface area contributed by atoms with Crippen LogP contribution in [-0.2, 0) is 9.47 Å². The maximum atomic E-state index is 6.09. The van der Waals surface area contributed by atoms with E-state index in [4.69, 9.17) is 9.47 Å². The Kier molecular flexibility index (Phi) is 7.14. The quantitative estimate of drug-likeness (QED) is 0.637. The van der Waals surface area contributed by atoms with Gasteiger partial charge in [0, 0.05) is 5.92 Å². The fraction of sp³-hybridized carbons (Fsp3) is 1.00. The van der Waals surface area contributed by atoms with E-state index < -0.39 is 0 Å². The summed E-state index contributed by atoms with van der Waals surface area (Å²) in [6.45, 7) is 8.47. The van der Waals surface area contributed by atoms with Gasteiger partial charge < -0.3 is 9.47 Å². The summed E-state index contributed by atoms with van der Waals surface area (Å²) in [5, 5.41) is 0. The first-order valence-corrected chi connectivity index (χ1v) is 7.53. The zero-order valence-corrected chi connectivity index (χ0v) is 12.0. The van der Waals surface area contributed by atoms with Crippen LogP contribution in [0.1, 0.15) is 72.1 Å². The second-order valence-electron chi connectivity index (χ2n) is 5.32. The number of hydrogen-bond donors (Lipinski definition) is 0. The maximum absolute atomic E-state index is 6.09. The van der Waals surface area contributed by atoms with Gasteiger partial charge in [-0.3, -0.25) is 0 Å². The molecule has 0 radical (unpaired) electrons. The minimum Gasteiger partial charge on any atom is -0.350 e. The highest BCUT2D eigenvalue weighted by Gasteiger charge is 2.36. The number of ether oxygens (including phenoxy) is 2. The number of hydrogen-bond acceptors (Lipinski definition) is 2. The van der Waals surface area contributed by atoms with Crippen molar-refractivity contribution in [3.05, 3.63) is 0 Å². The first-order valence-electron chi connectivity index (χ1n) is 7.53. The second kappa shape index (κ2) is 8.10. The van der Waals surface area contributed by atoms with E-state index in [9.17, 15) is 0 Å². The van der Waals surface area contributed by atoms with Gasteiger partial charge in [-0.05, 0) is 32.1 Å². The third-order valence-corrected chi connectivity index (χ3v) is 3.97. The molecule has 0 spiro atoms. The molecule has 0 bridgehead atoms. The molecule has 1 atom stereocenters. The summed E-state index contributed by atoms with van der Waals surface area (Å²) in [5.41, 5.74) is 0. The van der Waals surface area contributed by atoms with E-state index in [-0.39, 0.29) is 5.79 Å². The lowest BCUT2D eigenvalue weighted by molar-refractivity contribution is -0.273. The third-order valence-electron chi connectivity index (χ3n) is 3.97. The van der Waals surface area contributed by atoms with Crippen LogP contribution in [0.4, 0.5) is 0 Å². The van der Waals surface area contributed by atoms with Gasteiger partial charge in [-0.2, -0.15) is 0 Å². The number of unbranched alkanes of at least 4 members (excludes halogenated alkanes) is 2. The lowest BCUT2D eigenvalue weighted by Crippen LogP contribution is -2.43. The summed E-state index contributed by atoms with van der Waals surface area (Å²) in [6.07, 6.45) is 9.72.